The Morgan fingerprint density at radius 1 is 1.39 bits per heavy atom. The average molecular weight is 333 g/mol. The van der Waals surface area contributed by atoms with Gasteiger partial charge in [-0.3, -0.25) is 4.90 Å². The average Bonchev–Trinajstić information content (AvgIpc) is 2.36. The summed E-state index contributed by atoms with van der Waals surface area (Å²) in [4.78, 5) is 2.39. The fraction of sp³-hybridized carbons (Fsp3) is 0.571. The van der Waals surface area contributed by atoms with Crippen LogP contribution in [0.25, 0.3) is 0 Å². The summed E-state index contributed by atoms with van der Waals surface area (Å²) in [6, 6.07) is 7.94. The van der Waals surface area contributed by atoms with Crippen molar-refractivity contribution < 1.29 is 4.74 Å². The van der Waals surface area contributed by atoms with Gasteiger partial charge in [-0.2, -0.15) is 0 Å². The van der Waals surface area contributed by atoms with Crippen LogP contribution in [-0.4, -0.2) is 36.5 Å². The zero-order chi connectivity index (χ0) is 13.0. The lowest BCUT2D eigenvalue weighted by Gasteiger charge is -2.33. The molecule has 2 atom stereocenters. The van der Waals surface area contributed by atoms with Crippen LogP contribution >= 0.6 is 27.5 Å². The van der Waals surface area contributed by atoms with E-state index in [0.29, 0.717) is 5.92 Å². The van der Waals surface area contributed by atoms with Gasteiger partial charge < -0.3 is 4.74 Å². The standard InChI is InChI=1S/C14H19BrClNO/c1-11-6-7-17(10-14(11)16)8-9-18-13-4-2-12(15)3-5-13/h2-5,11,14H,6-10H2,1H3. The van der Waals surface area contributed by atoms with Gasteiger partial charge in [0.15, 0.2) is 0 Å². The fourth-order valence-corrected chi connectivity index (χ4v) is 2.70. The second-order valence-electron chi connectivity index (χ2n) is 4.88. The molecule has 2 unspecified atom stereocenters. The molecule has 0 N–H and O–H groups in total. The molecule has 2 nitrogen and oxygen atoms in total. The number of likely N-dealkylation sites (tertiary alicyclic amines) is 1. The lowest BCUT2D eigenvalue weighted by molar-refractivity contribution is 0.163. The molecule has 1 aromatic carbocycles. The summed E-state index contributed by atoms with van der Waals surface area (Å²) in [6.07, 6.45) is 1.19. The van der Waals surface area contributed by atoms with Crippen molar-refractivity contribution in [2.24, 2.45) is 5.92 Å². The Morgan fingerprint density at radius 2 is 2.11 bits per heavy atom. The molecular formula is C14H19BrClNO. The normalized spacial score (nSPS) is 25.1. The van der Waals surface area contributed by atoms with Crippen LogP contribution in [0.15, 0.2) is 28.7 Å². The van der Waals surface area contributed by atoms with E-state index in [2.05, 4.69) is 27.8 Å². The molecule has 1 aromatic rings. The quantitative estimate of drug-likeness (QED) is 0.778. The molecule has 18 heavy (non-hydrogen) atoms. The van der Waals surface area contributed by atoms with Crippen molar-refractivity contribution in [2.75, 3.05) is 26.2 Å². The van der Waals surface area contributed by atoms with E-state index in [0.717, 1.165) is 36.5 Å². The number of nitrogens with zero attached hydrogens (tertiary/aromatic N) is 1. The number of hydrogen-bond donors (Lipinski definition) is 0. The highest BCUT2D eigenvalue weighted by Gasteiger charge is 2.23. The number of alkyl halides is 1. The van der Waals surface area contributed by atoms with E-state index in [-0.39, 0.29) is 5.38 Å². The summed E-state index contributed by atoms with van der Waals surface area (Å²) in [5, 5.41) is 0.284. The van der Waals surface area contributed by atoms with Gasteiger partial charge in [-0.05, 0) is 43.1 Å². The Morgan fingerprint density at radius 3 is 2.78 bits per heavy atom. The van der Waals surface area contributed by atoms with Crippen LogP contribution in [0.2, 0.25) is 0 Å². The second-order valence-corrected chi connectivity index (χ2v) is 6.36. The molecule has 0 spiro atoms. The first-order valence-electron chi connectivity index (χ1n) is 6.40. The van der Waals surface area contributed by atoms with Gasteiger partial charge in [0.05, 0.1) is 0 Å². The van der Waals surface area contributed by atoms with Crippen LogP contribution in [-0.2, 0) is 0 Å². The number of piperidine rings is 1. The van der Waals surface area contributed by atoms with Crippen molar-refractivity contribution >= 4 is 27.5 Å². The van der Waals surface area contributed by atoms with E-state index in [4.69, 9.17) is 16.3 Å². The monoisotopic (exact) mass is 331 g/mol. The van der Waals surface area contributed by atoms with Crippen LogP contribution in [0.4, 0.5) is 0 Å². The van der Waals surface area contributed by atoms with Crippen molar-refractivity contribution in [1.29, 1.82) is 0 Å². The number of ether oxygens (including phenoxy) is 1. The van der Waals surface area contributed by atoms with Gasteiger partial charge >= 0.3 is 0 Å². The molecule has 2 rings (SSSR count). The Bertz CT molecular complexity index is 371. The summed E-state index contributed by atoms with van der Waals surface area (Å²) in [6.45, 7) is 6.01. The predicted molar refractivity (Wildman–Crippen MR) is 79.5 cm³/mol. The van der Waals surface area contributed by atoms with E-state index in [1.807, 2.05) is 24.3 Å². The van der Waals surface area contributed by atoms with E-state index in [1.165, 1.54) is 6.42 Å². The van der Waals surface area contributed by atoms with Crippen molar-refractivity contribution in [3.8, 4) is 5.75 Å². The minimum Gasteiger partial charge on any atom is -0.492 e. The van der Waals surface area contributed by atoms with Crippen molar-refractivity contribution in [3.05, 3.63) is 28.7 Å². The Labute approximate surface area is 122 Å². The van der Waals surface area contributed by atoms with Gasteiger partial charge in [0, 0.05) is 22.9 Å². The number of benzene rings is 1. The predicted octanol–water partition coefficient (Wildman–Crippen LogP) is 3.78. The number of rotatable bonds is 4. The highest BCUT2D eigenvalue weighted by molar-refractivity contribution is 9.10. The van der Waals surface area contributed by atoms with E-state index < -0.39 is 0 Å². The van der Waals surface area contributed by atoms with Crippen LogP contribution < -0.4 is 4.74 Å². The molecule has 0 saturated carbocycles. The Kier molecular flexibility index (Phi) is 5.34. The van der Waals surface area contributed by atoms with Gasteiger partial charge in [0.1, 0.15) is 12.4 Å². The fourth-order valence-electron chi connectivity index (χ4n) is 2.11. The molecule has 1 heterocycles. The molecule has 1 aliphatic rings. The summed E-state index contributed by atoms with van der Waals surface area (Å²) in [5.74, 6) is 1.56. The molecular weight excluding hydrogens is 314 g/mol. The highest BCUT2D eigenvalue weighted by atomic mass is 79.9. The van der Waals surface area contributed by atoms with Crippen molar-refractivity contribution in [2.45, 2.75) is 18.7 Å². The minimum absolute atomic E-state index is 0.284. The molecule has 0 bridgehead atoms. The smallest absolute Gasteiger partial charge is 0.119 e. The third-order valence-electron chi connectivity index (χ3n) is 3.44. The summed E-state index contributed by atoms with van der Waals surface area (Å²) in [5.41, 5.74) is 0. The summed E-state index contributed by atoms with van der Waals surface area (Å²) < 4.78 is 6.79. The molecule has 1 fully saturated rings. The van der Waals surface area contributed by atoms with E-state index in [1.54, 1.807) is 0 Å². The largest absolute Gasteiger partial charge is 0.492 e. The minimum atomic E-state index is 0.284. The molecule has 1 saturated heterocycles. The van der Waals surface area contributed by atoms with Gasteiger partial charge in [0.25, 0.3) is 0 Å². The van der Waals surface area contributed by atoms with Crippen LogP contribution in [0.5, 0.6) is 5.75 Å². The zero-order valence-electron chi connectivity index (χ0n) is 10.6. The number of hydrogen-bond acceptors (Lipinski definition) is 2. The molecule has 0 aliphatic carbocycles. The van der Waals surface area contributed by atoms with Gasteiger partial charge in [-0.25, -0.2) is 0 Å². The molecule has 100 valence electrons. The Balaban J connectivity index is 1.71. The van der Waals surface area contributed by atoms with Crippen LogP contribution in [0, 0.1) is 5.92 Å². The number of halogens is 2. The lowest BCUT2D eigenvalue weighted by atomic mass is 9.99. The summed E-state index contributed by atoms with van der Waals surface area (Å²) in [7, 11) is 0. The van der Waals surface area contributed by atoms with Gasteiger partial charge in [-0.15, -0.1) is 11.6 Å². The summed E-state index contributed by atoms with van der Waals surface area (Å²) >= 11 is 9.70. The van der Waals surface area contributed by atoms with Crippen molar-refractivity contribution in [3.63, 3.8) is 0 Å². The van der Waals surface area contributed by atoms with Crippen LogP contribution in [0.1, 0.15) is 13.3 Å². The van der Waals surface area contributed by atoms with E-state index in [9.17, 15) is 0 Å². The van der Waals surface area contributed by atoms with E-state index >= 15 is 0 Å². The second kappa shape index (κ2) is 6.78. The third-order valence-corrected chi connectivity index (χ3v) is 4.54. The molecule has 0 amide bonds. The van der Waals surface area contributed by atoms with Gasteiger partial charge in [0.2, 0.25) is 0 Å². The molecule has 1 aliphatic heterocycles. The first kappa shape index (κ1) is 14.2. The first-order chi connectivity index (χ1) is 8.65. The maximum absolute atomic E-state index is 6.29. The topological polar surface area (TPSA) is 12.5 Å². The van der Waals surface area contributed by atoms with Crippen LogP contribution in [0.3, 0.4) is 0 Å². The third kappa shape index (κ3) is 4.15. The molecule has 4 heteroatoms. The SMILES string of the molecule is CC1CCN(CCOc2ccc(Br)cc2)CC1Cl. The Hall–Kier alpha value is -0.250. The maximum atomic E-state index is 6.29. The van der Waals surface area contributed by atoms with Crippen molar-refractivity contribution in [1.82, 2.24) is 4.90 Å². The first-order valence-corrected chi connectivity index (χ1v) is 7.63. The maximum Gasteiger partial charge on any atom is 0.119 e. The molecule has 0 radical (unpaired) electrons. The lowest BCUT2D eigenvalue weighted by Crippen LogP contribution is -2.42. The zero-order valence-corrected chi connectivity index (χ0v) is 13.0. The van der Waals surface area contributed by atoms with Gasteiger partial charge in [-0.1, -0.05) is 22.9 Å². The highest BCUT2D eigenvalue weighted by Crippen LogP contribution is 2.21. The molecule has 0 aromatic heterocycles.